The van der Waals surface area contributed by atoms with Crippen molar-refractivity contribution in [3.8, 4) is 0 Å². The highest BCUT2D eigenvalue weighted by molar-refractivity contribution is 5.91. The smallest absolute Gasteiger partial charge is 0.331 e. The molecular formula is C12H17NO5. The van der Waals surface area contributed by atoms with Gasteiger partial charge in [0.15, 0.2) is 0 Å². The first kappa shape index (κ1) is 14.2. The van der Waals surface area contributed by atoms with E-state index in [1.807, 2.05) is 6.92 Å². The number of hydrogen-bond acceptors (Lipinski definition) is 5. The monoisotopic (exact) mass is 255 g/mol. The van der Waals surface area contributed by atoms with Gasteiger partial charge in [-0.15, -0.1) is 0 Å². The summed E-state index contributed by atoms with van der Waals surface area (Å²) in [4.78, 5) is 35.4. The highest BCUT2D eigenvalue weighted by Crippen LogP contribution is 2.17. The lowest BCUT2D eigenvalue weighted by Crippen LogP contribution is -2.28. The maximum absolute atomic E-state index is 11.7. The lowest BCUT2D eigenvalue weighted by Gasteiger charge is -2.13. The van der Waals surface area contributed by atoms with Crippen LogP contribution < -0.4 is 0 Å². The van der Waals surface area contributed by atoms with Gasteiger partial charge in [0.25, 0.3) is 0 Å². The van der Waals surface area contributed by atoms with E-state index in [4.69, 9.17) is 4.74 Å². The number of hydrogen-bond donors (Lipinski definition) is 0. The molecule has 1 fully saturated rings. The van der Waals surface area contributed by atoms with E-state index in [0.717, 1.165) is 12.2 Å². The van der Waals surface area contributed by atoms with Crippen LogP contribution in [0.15, 0.2) is 12.2 Å². The summed E-state index contributed by atoms with van der Waals surface area (Å²) in [7, 11) is 1.22. The fraction of sp³-hybridized carbons (Fsp3) is 0.583. The lowest BCUT2D eigenvalue weighted by molar-refractivity contribution is -0.142. The minimum Gasteiger partial charge on any atom is -0.466 e. The number of ether oxygens (including phenoxy) is 2. The molecule has 6 nitrogen and oxygen atoms in total. The number of carbonyl (C=O) groups excluding carboxylic acids is 3. The van der Waals surface area contributed by atoms with E-state index in [-0.39, 0.29) is 18.4 Å². The van der Waals surface area contributed by atoms with Crippen molar-refractivity contribution in [1.29, 1.82) is 0 Å². The van der Waals surface area contributed by atoms with Crippen molar-refractivity contribution in [2.24, 2.45) is 5.92 Å². The molecule has 0 radical (unpaired) electrons. The van der Waals surface area contributed by atoms with E-state index in [1.165, 1.54) is 7.11 Å². The molecule has 0 spiro atoms. The fourth-order valence-electron chi connectivity index (χ4n) is 1.71. The van der Waals surface area contributed by atoms with Gasteiger partial charge in [-0.25, -0.2) is 9.59 Å². The molecule has 0 aromatic rings. The molecule has 0 bridgehead atoms. The summed E-state index contributed by atoms with van der Waals surface area (Å²) in [6.07, 6.45) is 2.67. The van der Waals surface area contributed by atoms with Crippen LogP contribution in [0.25, 0.3) is 0 Å². The number of methoxy groups -OCH3 is 1. The van der Waals surface area contributed by atoms with Gasteiger partial charge < -0.3 is 14.4 Å². The molecule has 0 aromatic heterocycles. The Bertz CT molecular complexity index is 363. The zero-order chi connectivity index (χ0) is 13.5. The maximum Gasteiger partial charge on any atom is 0.331 e. The number of nitrogens with zero attached hydrogens (tertiary/aromatic N) is 1. The molecule has 0 aromatic carbocycles. The van der Waals surface area contributed by atoms with Crippen LogP contribution in [0.5, 0.6) is 0 Å². The molecule has 1 rings (SSSR count). The molecule has 1 atom stereocenters. The maximum atomic E-state index is 11.7. The van der Waals surface area contributed by atoms with Crippen LogP contribution in [0, 0.1) is 5.92 Å². The summed E-state index contributed by atoms with van der Waals surface area (Å²) < 4.78 is 9.23. The average Bonchev–Trinajstić information content (AvgIpc) is 2.74. The van der Waals surface area contributed by atoms with Crippen molar-refractivity contribution in [2.45, 2.75) is 13.3 Å². The Labute approximate surface area is 106 Å². The molecule has 1 aliphatic heterocycles. The van der Waals surface area contributed by atoms with E-state index in [1.54, 1.807) is 4.90 Å². The van der Waals surface area contributed by atoms with Gasteiger partial charge in [-0.2, -0.15) is 0 Å². The first-order chi connectivity index (χ1) is 8.58. The minimum atomic E-state index is -0.650. The number of rotatable bonds is 5. The van der Waals surface area contributed by atoms with E-state index >= 15 is 0 Å². The Kier molecular flexibility index (Phi) is 5.35. The Balaban J connectivity index is 2.33. The molecule has 0 saturated carbocycles. The van der Waals surface area contributed by atoms with Crippen molar-refractivity contribution in [3.05, 3.63) is 12.2 Å². The van der Waals surface area contributed by atoms with Crippen LogP contribution in [0.1, 0.15) is 13.3 Å². The van der Waals surface area contributed by atoms with Crippen LogP contribution in [0.4, 0.5) is 0 Å². The molecule has 1 aliphatic rings. The van der Waals surface area contributed by atoms with Crippen LogP contribution in [0.3, 0.4) is 0 Å². The topological polar surface area (TPSA) is 72.9 Å². The summed E-state index contributed by atoms with van der Waals surface area (Å²) in [6.45, 7) is 3.34. The highest BCUT2D eigenvalue weighted by atomic mass is 16.5. The van der Waals surface area contributed by atoms with Gasteiger partial charge in [-0.3, -0.25) is 4.79 Å². The molecule has 100 valence electrons. The molecule has 1 heterocycles. The number of amides is 1. The number of likely N-dealkylation sites (tertiary alicyclic amines) is 1. The Morgan fingerprint density at radius 3 is 2.61 bits per heavy atom. The summed E-state index contributed by atoms with van der Waals surface area (Å²) in [5, 5.41) is 0. The standard InChI is InChI=1S/C12H17NO5/c1-3-13-7-6-9(12(13)16)8-18-11(15)5-4-10(14)17-2/h4-5,9H,3,6-8H2,1-2H3/b5-4+. The van der Waals surface area contributed by atoms with Gasteiger partial charge in [0, 0.05) is 25.2 Å². The van der Waals surface area contributed by atoms with Gasteiger partial charge >= 0.3 is 11.9 Å². The third-order valence-corrected chi connectivity index (χ3v) is 2.77. The highest BCUT2D eigenvalue weighted by Gasteiger charge is 2.31. The van der Waals surface area contributed by atoms with Crippen molar-refractivity contribution >= 4 is 17.8 Å². The zero-order valence-electron chi connectivity index (χ0n) is 10.5. The Hall–Kier alpha value is -1.85. The number of carbonyl (C=O) groups is 3. The van der Waals surface area contributed by atoms with Gasteiger partial charge in [0.1, 0.15) is 6.61 Å². The van der Waals surface area contributed by atoms with Gasteiger partial charge in [-0.1, -0.05) is 0 Å². The van der Waals surface area contributed by atoms with Gasteiger partial charge in [-0.05, 0) is 13.3 Å². The predicted octanol–water partition coefficient (Wildman–Crippen LogP) is 0.127. The Morgan fingerprint density at radius 2 is 2.06 bits per heavy atom. The third-order valence-electron chi connectivity index (χ3n) is 2.77. The lowest BCUT2D eigenvalue weighted by atomic mass is 10.1. The van der Waals surface area contributed by atoms with Gasteiger partial charge in [0.2, 0.25) is 5.91 Å². The summed E-state index contributed by atoms with van der Waals surface area (Å²) >= 11 is 0. The summed E-state index contributed by atoms with van der Waals surface area (Å²) in [5.41, 5.74) is 0. The van der Waals surface area contributed by atoms with Crippen molar-refractivity contribution in [2.75, 3.05) is 26.8 Å². The van der Waals surface area contributed by atoms with Crippen LogP contribution in [0.2, 0.25) is 0 Å². The third kappa shape index (κ3) is 3.87. The second-order valence-corrected chi connectivity index (χ2v) is 3.89. The minimum absolute atomic E-state index is 0.0160. The molecule has 18 heavy (non-hydrogen) atoms. The van der Waals surface area contributed by atoms with E-state index in [0.29, 0.717) is 19.5 Å². The van der Waals surface area contributed by atoms with E-state index < -0.39 is 11.9 Å². The second-order valence-electron chi connectivity index (χ2n) is 3.89. The first-order valence-corrected chi connectivity index (χ1v) is 5.80. The number of esters is 2. The van der Waals surface area contributed by atoms with Crippen LogP contribution in [-0.4, -0.2) is 49.6 Å². The molecule has 6 heteroatoms. The summed E-state index contributed by atoms with van der Waals surface area (Å²) in [5.74, 6) is -1.52. The zero-order valence-corrected chi connectivity index (χ0v) is 10.5. The fourth-order valence-corrected chi connectivity index (χ4v) is 1.71. The Morgan fingerprint density at radius 1 is 1.39 bits per heavy atom. The molecule has 1 amide bonds. The molecule has 1 unspecified atom stereocenters. The van der Waals surface area contributed by atoms with E-state index in [2.05, 4.69) is 4.74 Å². The quantitative estimate of drug-likeness (QED) is 0.515. The SMILES string of the molecule is CCN1CCC(COC(=O)/C=C/C(=O)OC)C1=O. The molecular weight excluding hydrogens is 238 g/mol. The average molecular weight is 255 g/mol. The van der Waals surface area contributed by atoms with Crippen molar-refractivity contribution in [3.63, 3.8) is 0 Å². The molecule has 0 aliphatic carbocycles. The summed E-state index contributed by atoms with van der Waals surface area (Å²) in [6, 6.07) is 0. The molecule has 0 N–H and O–H groups in total. The van der Waals surface area contributed by atoms with Crippen LogP contribution in [-0.2, 0) is 23.9 Å². The van der Waals surface area contributed by atoms with E-state index in [9.17, 15) is 14.4 Å². The molecule has 1 saturated heterocycles. The second kappa shape index (κ2) is 6.78. The first-order valence-electron chi connectivity index (χ1n) is 5.80. The van der Waals surface area contributed by atoms with Crippen molar-refractivity contribution in [1.82, 2.24) is 4.90 Å². The normalized spacial score (nSPS) is 19.3. The van der Waals surface area contributed by atoms with Crippen LogP contribution >= 0.6 is 0 Å². The van der Waals surface area contributed by atoms with Gasteiger partial charge in [0.05, 0.1) is 13.0 Å². The predicted molar refractivity (Wildman–Crippen MR) is 62.5 cm³/mol. The largest absolute Gasteiger partial charge is 0.466 e. The van der Waals surface area contributed by atoms with Crippen molar-refractivity contribution < 1.29 is 23.9 Å².